The molecule has 0 amide bonds. The summed E-state index contributed by atoms with van der Waals surface area (Å²) in [6.45, 7) is 0. The van der Waals surface area contributed by atoms with Crippen LogP contribution in [0.2, 0.25) is 0 Å². The van der Waals surface area contributed by atoms with Crippen LogP contribution in [0, 0.1) is 0 Å². The van der Waals surface area contributed by atoms with Crippen molar-refractivity contribution < 1.29 is 0 Å². The summed E-state index contributed by atoms with van der Waals surface area (Å²) < 4.78 is 7.61. The van der Waals surface area contributed by atoms with Gasteiger partial charge in [0.25, 0.3) is 0 Å². The third-order valence-corrected chi connectivity index (χ3v) is 28.3. The Morgan fingerprint density at radius 1 is 0.169 bits per heavy atom. The lowest BCUT2D eigenvalue weighted by Gasteiger charge is -2.13. The zero-order valence-electron chi connectivity index (χ0n) is 66.7. The average Bonchev–Trinajstić information content (AvgIpc) is 1.56. The second-order valence-electron chi connectivity index (χ2n) is 31.0. The lowest BCUT2D eigenvalue weighted by Crippen LogP contribution is -1.96. The van der Waals surface area contributed by atoms with Gasteiger partial charge in [-0.1, -0.05) is 376 Å². The number of nitrogens with zero attached hydrogens (tertiary/aromatic N) is 6. The Morgan fingerprint density at radius 3 is 0.903 bits per heavy atom. The van der Waals surface area contributed by atoms with Crippen molar-refractivity contribution in [1.82, 2.24) is 29.9 Å². The van der Waals surface area contributed by atoms with E-state index in [1.165, 1.54) is 109 Å². The van der Waals surface area contributed by atoms with E-state index in [0.29, 0.717) is 11.6 Å². The zero-order valence-corrected chi connectivity index (χ0v) is 70.0. The number of benzene rings is 16. The quantitative estimate of drug-likeness (QED) is 0.108. The predicted molar refractivity (Wildman–Crippen MR) is 527 cm³/mol. The van der Waals surface area contributed by atoms with Gasteiger partial charge >= 0.3 is 0 Å². The molecule has 0 N–H and O–H groups in total. The number of rotatable bonds is 14. The van der Waals surface area contributed by atoms with Gasteiger partial charge in [0, 0.05) is 138 Å². The van der Waals surface area contributed by atoms with Gasteiger partial charge in [-0.15, -0.1) is 45.3 Å². The summed E-state index contributed by atoms with van der Waals surface area (Å²) in [5.74, 6) is 1.42. The van der Waals surface area contributed by atoms with Gasteiger partial charge in [0.2, 0.25) is 0 Å². The fourth-order valence-corrected chi connectivity index (χ4v) is 22.8. The van der Waals surface area contributed by atoms with Crippen LogP contribution in [-0.4, -0.2) is 29.9 Å². The molecule has 8 aromatic heterocycles. The highest BCUT2D eigenvalue weighted by Gasteiger charge is 2.28. The van der Waals surface area contributed by atoms with Crippen LogP contribution in [0.1, 0.15) is 0 Å². The number of pyridine rings is 2. The molecule has 24 rings (SSSR count). The van der Waals surface area contributed by atoms with Crippen molar-refractivity contribution in [2.75, 3.05) is 0 Å². The van der Waals surface area contributed by atoms with Gasteiger partial charge in [-0.25, -0.2) is 29.9 Å². The first kappa shape index (κ1) is 74.0. The van der Waals surface area contributed by atoms with Crippen LogP contribution in [0.4, 0.5) is 0 Å². The van der Waals surface area contributed by atoms with Crippen molar-refractivity contribution in [2.24, 2.45) is 0 Å². The Balaban J connectivity index is 0.000000143. The largest absolute Gasteiger partial charge is 0.246 e. The molecule has 0 unspecified atom stereocenters. The first-order chi connectivity index (χ1) is 61.5. The predicted octanol–water partition coefficient (Wildman–Crippen LogP) is 32.6. The van der Waals surface area contributed by atoms with Crippen LogP contribution >= 0.6 is 45.3 Å². The Labute approximate surface area is 732 Å². The monoisotopic (exact) mass is 1650 g/mol. The van der Waals surface area contributed by atoms with Crippen molar-refractivity contribution in [3.8, 4) is 156 Å². The van der Waals surface area contributed by atoms with Crippen molar-refractivity contribution in [3.05, 3.63) is 425 Å². The molecule has 0 radical (unpaired) electrons. The number of hydrogen-bond donors (Lipinski definition) is 0. The fourth-order valence-electron chi connectivity index (χ4n) is 17.5. The molecule has 10 heteroatoms. The molecule has 24 aromatic rings. The summed E-state index contributed by atoms with van der Waals surface area (Å²) in [7, 11) is 0. The Hall–Kier alpha value is -15.1. The van der Waals surface area contributed by atoms with Gasteiger partial charge in [-0.3, -0.25) is 0 Å². The smallest absolute Gasteiger partial charge is 0.160 e. The Morgan fingerprint density at radius 2 is 0.468 bits per heavy atom. The molecule has 0 saturated heterocycles. The number of fused-ring (bicyclic) bond motifs is 12. The fraction of sp³-hybridized carbons (Fsp3) is 0. The molecule has 580 valence electrons. The van der Waals surface area contributed by atoms with Crippen LogP contribution in [0.3, 0.4) is 0 Å². The van der Waals surface area contributed by atoms with Gasteiger partial charge < -0.3 is 0 Å². The van der Waals surface area contributed by atoms with Crippen molar-refractivity contribution in [2.45, 2.75) is 0 Å². The van der Waals surface area contributed by atoms with E-state index in [9.17, 15) is 0 Å². The maximum absolute atomic E-state index is 5.37. The SMILES string of the molecule is c1ccc(-c2cc(-c3ccc(-c4ccc(-c5c(-c6cccc7c6sc6ccccc67)sc6c(-c7ccccc7)nc7ccccc7c56)cc4)cc3)nc(-c3ccccc3)n2)cc1.c1ccc(-c2cc(-c3cccc(-c4cccc(-c5c(-c6cccc7c6sc6ccccc67)sc6c(-c7ccccc7)nc7ccccc7c56)c4)c3)nc(-c3ccccc3)n2)cc1. The molecule has 8 heterocycles. The summed E-state index contributed by atoms with van der Waals surface area (Å²) >= 11 is 7.49. The van der Waals surface area contributed by atoms with Crippen LogP contribution in [0.25, 0.3) is 238 Å². The van der Waals surface area contributed by atoms with Crippen molar-refractivity contribution in [1.29, 1.82) is 0 Å². The zero-order chi connectivity index (χ0) is 82.0. The molecule has 0 saturated carbocycles. The molecule has 0 fully saturated rings. The summed E-state index contributed by atoms with van der Waals surface area (Å²) in [5, 5.41) is 10.00. The van der Waals surface area contributed by atoms with Crippen molar-refractivity contribution in [3.63, 3.8) is 0 Å². The average molecular weight is 1650 g/mol. The van der Waals surface area contributed by atoms with Gasteiger partial charge in [-0.05, 0) is 81.9 Å². The highest BCUT2D eigenvalue weighted by Crippen LogP contribution is 2.56. The van der Waals surface area contributed by atoms with E-state index in [2.05, 4.69) is 364 Å². The molecule has 0 aliphatic rings. The normalized spacial score (nSPS) is 11.5. The minimum Gasteiger partial charge on any atom is -0.246 e. The first-order valence-corrected chi connectivity index (χ1v) is 44.8. The van der Waals surface area contributed by atoms with Gasteiger partial charge in [0.1, 0.15) is 0 Å². The second-order valence-corrected chi connectivity index (χ2v) is 35.1. The van der Waals surface area contributed by atoms with Crippen LogP contribution in [0.5, 0.6) is 0 Å². The third kappa shape index (κ3) is 13.6. The van der Waals surface area contributed by atoms with Gasteiger partial charge in [0.05, 0.1) is 54.6 Å². The van der Waals surface area contributed by atoms with E-state index >= 15 is 0 Å². The second kappa shape index (κ2) is 31.8. The summed E-state index contributed by atoms with van der Waals surface area (Å²) in [5.41, 5.74) is 27.9. The number of hydrogen-bond acceptors (Lipinski definition) is 10. The highest BCUT2D eigenvalue weighted by molar-refractivity contribution is 7.28. The number of para-hydroxylation sites is 2. The van der Waals surface area contributed by atoms with Crippen molar-refractivity contribution >= 4 is 128 Å². The number of thiophene rings is 4. The Bertz CT molecular complexity index is 8080. The molecule has 0 aliphatic carbocycles. The molecule has 0 spiro atoms. The highest BCUT2D eigenvalue weighted by atomic mass is 32.1. The van der Waals surface area contributed by atoms with E-state index in [0.717, 1.165) is 117 Å². The molecule has 16 aromatic carbocycles. The molecular weight excluding hydrogens is 1580 g/mol. The van der Waals surface area contributed by atoms with Gasteiger partial charge in [-0.2, -0.15) is 0 Å². The summed E-state index contributed by atoms with van der Waals surface area (Å²) in [4.78, 5) is 33.5. The minimum atomic E-state index is 0.705. The maximum Gasteiger partial charge on any atom is 0.160 e. The Kier molecular flexibility index (Phi) is 19.0. The van der Waals surface area contributed by atoms with E-state index < -0.39 is 0 Å². The van der Waals surface area contributed by atoms with E-state index in [4.69, 9.17) is 29.9 Å². The molecular formula is C114H70N6S4. The van der Waals surface area contributed by atoms with Crippen LogP contribution in [-0.2, 0) is 0 Å². The standard InChI is InChI=1S/2C57H35N3S2/c1-4-17-36(18-5-1)48-35-49(60-57(59-48)38-21-8-3-9-22-38)41-25-14-23-39(33-41)40-24-15-26-42(34-40)51-52-45-28-10-12-31-47(45)58-53(37-19-6-2-7-20-37)56(52)62-55(51)46-30-16-29-44-43-27-11-13-32-50(43)61-54(44)46;1-4-15-38(16-5-1)48-35-49(60-57(59-48)42-19-8-3-9-20-42)39-31-27-36(28-32-39)37-29-33-40(34-30-37)51-52-45-22-10-12-25-47(45)58-53(41-17-6-2-7-18-41)56(52)62-55(51)46-24-14-23-44-43-21-11-13-26-50(43)61-54(44)46/h2*1-35H. The maximum atomic E-state index is 5.37. The molecule has 0 bridgehead atoms. The summed E-state index contributed by atoms with van der Waals surface area (Å²) in [6, 6.07) is 151. The number of aromatic nitrogens is 6. The van der Waals surface area contributed by atoms with Gasteiger partial charge in [0.15, 0.2) is 11.6 Å². The summed E-state index contributed by atoms with van der Waals surface area (Å²) in [6.07, 6.45) is 0. The third-order valence-electron chi connectivity index (χ3n) is 23.4. The molecule has 6 nitrogen and oxygen atoms in total. The van der Waals surface area contributed by atoms with E-state index in [1.54, 1.807) is 0 Å². The van der Waals surface area contributed by atoms with E-state index in [-0.39, 0.29) is 0 Å². The molecule has 124 heavy (non-hydrogen) atoms. The minimum absolute atomic E-state index is 0.705. The first-order valence-electron chi connectivity index (χ1n) is 41.5. The lowest BCUT2D eigenvalue weighted by molar-refractivity contribution is 1.18. The van der Waals surface area contributed by atoms with Crippen LogP contribution < -0.4 is 0 Å². The van der Waals surface area contributed by atoms with E-state index in [1.807, 2.05) is 106 Å². The molecule has 0 aliphatic heterocycles. The topological polar surface area (TPSA) is 77.3 Å². The lowest BCUT2D eigenvalue weighted by atomic mass is 9.92. The van der Waals surface area contributed by atoms with Crippen LogP contribution in [0.15, 0.2) is 425 Å². The molecule has 0 atom stereocenters.